The highest BCUT2D eigenvalue weighted by Crippen LogP contribution is 2.37. The minimum atomic E-state index is 0.416. The molecule has 3 aromatic heterocycles. The summed E-state index contributed by atoms with van der Waals surface area (Å²) in [6, 6.07) is 9.99. The molecule has 4 rings (SSSR count). The van der Waals surface area contributed by atoms with Crippen LogP contribution < -0.4 is 0 Å². The molecule has 0 N–H and O–H groups in total. The van der Waals surface area contributed by atoms with Crippen molar-refractivity contribution in [3.05, 3.63) is 59.5 Å². The Morgan fingerprint density at radius 3 is 2.57 bits per heavy atom. The summed E-state index contributed by atoms with van der Waals surface area (Å²) in [5, 5.41) is 5.26. The topological polar surface area (TPSA) is 56.7 Å². The van der Waals surface area contributed by atoms with Gasteiger partial charge < -0.3 is 9.09 Å². The van der Waals surface area contributed by atoms with E-state index < -0.39 is 0 Å². The van der Waals surface area contributed by atoms with Crippen molar-refractivity contribution in [2.45, 2.75) is 13.8 Å². The van der Waals surface area contributed by atoms with Crippen molar-refractivity contribution in [2.75, 3.05) is 0 Å². The molecule has 3 heterocycles. The standard InChI is InChI=1S/C17H13ClN4O/c1-10-14(11(2)23-21-10)13-8-22(12-6-4-3-5-7-12)17-15(13)16(18)19-9-20-17/h3-9H,1-2H3. The number of nitrogens with zero attached hydrogens (tertiary/aromatic N) is 4. The summed E-state index contributed by atoms with van der Waals surface area (Å²) in [6.45, 7) is 3.80. The van der Waals surface area contributed by atoms with Crippen molar-refractivity contribution in [3.63, 3.8) is 0 Å². The molecule has 0 saturated heterocycles. The van der Waals surface area contributed by atoms with Gasteiger partial charge in [-0.3, -0.25) is 0 Å². The number of halogens is 1. The second-order valence-corrected chi connectivity index (χ2v) is 5.67. The third-order valence-electron chi connectivity index (χ3n) is 3.87. The molecule has 0 unspecified atom stereocenters. The number of fused-ring (bicyclic) bond motifs is 1. The number of aromatic nitrogens is 4. The smallest absolute Gasteiger partial charge is 0.150 e. The minimum Gasteiger partial charge on any atom is -0.361 e. The van der Waals surface area contributed by atoms with E-state index in [9.17, 15) is 0 Å². The van der Waals surface area contributed by atoms with Crippen LogP contribution in [0.3, 0.4) is 0 Å². The average Bonchev–Trinajstić information content (AvgIpc) is 3.09. The van der Waals surface area contributed by atoms with Crippen molar-refractivity contribution in [1.82, 2.24) is 19.7 Å². The van der Waals surface area contributed by atoms with E-state index >= 15 is 0 Å². The molecule has 0 atom stereocenters. The Hall–Kier alpha value is -2.66. The van der Waals surface area contributed by atoms with Crippen LogP contribution in [0.5, 0.6) is 0 Å². The zero-order valence-electron chi connectivity index (χ0n) is 12.6. The number of hydrogen-bond donors (Lipinski definition) is 0. The van der Waals surface area contributed by atoms with E-state index in [-0.39, 0.29) is 0 Å². The van der Waals surface area contributed by atoms with Gasteiger partial charge in [0, 0.05) is 23.0 Å². The third kappa shape index (κ3) is 2.12. The maximum absolute atomic E-state index is 6.37. The number of benzene rings is 1. The van der Waals surface area contributed by atoms with E-state index in [1.165, 1.54) is 6.33 Å². The number of para-hydroxylation sites is 1. The van der Waals surface area contributed by atoms with Crippen molar-refractivity contribution < 1.29 is 4.52 Å². The fraction of sp³-hybridized carbons (Fsp3) is 0.118. The lowest BCUT2D eigenvalue weighted by Crippen LogP contribution is -1.93. The normalized spacial score (nSPS) is 11.3. The molecule has 0 aliphatic rings. The first kappa shape index (κ1) is 14.0. The molecular formula is C17H13ClN4O. The zero-order chi connectivity index (χ0) is 16.0. The average molecular weight is 325 g/mol. The van der Waals surface area contributed by atoms with Crippen LogP contribution in [-0.2, 0) is 0 Å². The van der Waals surface area contributed by atoms with Crippen LogP contribution in [0.15, 0.2) is 47.4 Å². The van der Waals surface area contributed by atoms with Gasteiger partial charge in [-0.2, -0.15) is 0 Å². The van der Waals surface area contributed by atoms with Gasteiger partial charge in [0.15, 0.2) is 0 Å². The van der Waals surface area contributed by atoms with Crippen LogP contribution in [0.25, 0.3) is 27.8 Å². The maximum Gasteiger partial charge on any atom is 0.150 e. The predicted octanol–water partition coefficient (Wildman–Crippen LogP) is 4.35. The fourth-order valence-electron chi connectivity index (χ4n) is 2.87. The van der Waals surface area contributed by atoms with Gasteiger partial charge in [0.25, 0.3) is 0 Å². The van der Waals surface area contributed by atoms with Crippen molar-refractivity contribution in [2.24, 2.45) is 0 Å². The fourth-order valence-corrected chi connectivity index (χ4v) is 3.10. The minimum absolute atomic E-state index is 0.416. The van der Waals surface area contributed by atoms with Gasteiger partial charge >= 0.3 is 0 Å². The molecular weight excluding hydrogens is 312 g/mol. The van der Waals surface area contributed by atoms with Gasteiger partial charge in [0.05, 0.1) is 11.1 Å². The van der Waals surface area contributed by atoms with Crippen LogP contribution in [0, 0.1) is 13.8 Å². The van der Waals surface area contributed by atoms with E-state index in [4.69, 9.17) is 16.1 Å². The molecule has 0 fully saturated rings. The summed E-state index contributed by atoms with van der Waals surface area (Å²) >= 11 is 6.37. The lowest BCUT2D eigenvalue weighted by atomic mass is 10.1. The molecule has 114 valence electrons. The molecule has 0 amide bonds. The number of aryl methyl sites for hydroxylation is 2. The highest BCUT2D eigenvalue weighted by atomic mass is 35.5. The van der Waals surface area contributed by atoms with Crippen molar-refractivity contribution >= 4 is 22.6 Å². The molecule has 0 radical (unpaired) electrons. The van der Waals surface area contributed by atoms with Gasteiger partial charge in [0.1, 0.15) is 22.9 Å². The first-order valence-corrected chi connectivity index (χ1v) is 7.55. The molecule has 0 bridgehead atoms. The number of hydrogen-bond acceptors (Lipinski definition) is 4. The first-order chi connectivity index (χ1) is 11.2. The summed E-state index contributed by atoms with van der Waals surface area (Å²) in [6.07, 6.45) is 3.48. The molecule has 0 aliphatic carbocycles. The molecule has 4 aromatic rings. The Kier molecular flexibility index (Phi) is 3.16. The zero-order valence-corrected chi connectivity index (χ0v) is 13.4. The van der Waals surface area contributed by atoms with Crippen LogP contribution in [0.1, 0.15) is 11.5 Å². The Balaban J connectivity index is 2.11. The second kappa shape index (κ2) is 5.21. The first-order valence-electron chi connectivity index (χ1n) is 7.17. The Bertz CT molecular complexity index is 985. The summed E-state index contributed by atoms with van der Waals surface area (Å²) in [7, 11) is 0. The largest absolute Gasteiger partial charge is 0.361 e. The predicted molar refractivity (Wildman–Crippen MR) is 88.8 cm³/mol. The van der Waals surface area contributed by atoms with Crippen LogP contribution in [0.2, 0.25) is 5.15 Å². The van der Waals surface area contributed by atoms with Gasteiger partial charge in [-0.05, 0) is 26.0 Å². The number of rotatable bonds is 2. The molecule has 5 nitrogen and oxygen atoms in total. The van der Waals surface area contributed by atoms with E-state index in [2.05, 4.69) is 15.1 Å². The Morgan fingerprint density at radius 2 is 1.87 bits per heavy atom. The lowest BCUT2D eigenvalue weighted by molar-refractivity contribution is 0.393. The molecule has 1 aromatic carbocycles. The van der Waals surface area contributed by atoms with E-state index in [0.29, 0.717) is 5.15 Å². The third-order valence-corrected chi connectivity index (χ3v) is 4.16. The van der Waals surface area contributed by atoms with Crippen LogP contribution in [-0.4, -0.2) is 19.7 Å². The summed E-state index contributed by atoms with van der Waals surface area (Å²) in [4.78, 5) is 8.56. The Morgan fingerprint density at radius 1 is 1.09 bits per heavy atom. The molecule has 23 heavy (non-hydrogen) atoms. The van der Waals surface area contributed by atoms with Gasteiger partial charge in [-0.15, -0.1) is 0 Å². The van der Waals surface area contributed by atoms with Crippen LogP contribution in [0.4, 0.5) is 0 Å². The van der Waals surface area contributed by atoms with Crippen LogP contribution >= 0.6 is 11.6 Å². The Labute approximate surface area is 137 Å². The van der Waals surface area contributed by atoms with Crippen molar-refractivity contribution in [1.29, 1.82) is 0 Å². The highest BCUT2D eigenvalue weighted by molar-refractivity contribution is 6.35. The van der Waals surface area contributed by atoms with E-state index in [1.807, 2.05) is 54.9 Å². The maximum atomic E-state index is 6.37. The molecule has 0 aliphatic heterocycles. The van der Waals surface area contributed by atoms with Gasteiger partial charge in [0.2, 0.25) is 0 Å². The quantitative estimate of drug-likeness (QED) is 0.514. The SMILES string of the molecule is Cc1noc(C)c1-c1cn(-c2ccccc2)c2ncnc(Cl)c12. The monoisotopic (exact) mass is 324 g/mol. The molecule has 6 heteroatoms. The molecule has 0 saturated carbocycles. The lowest BCUT2D eigenvalue weighted by Gasteiger charge is -2.03. The molecule has 0 spiro atoms. The van der Waals surface area contributed by atoms with E-state index in [1.54, 1.807) is 0 Å². The van der Waals surface area contributed by atoms with Crippen molar-refractivity contribution in [3.8, 4) is 16.8 Å². The summed E-state index contributed by atoms with van der Waals surface area (Å²) in [5.74, 6) is 0.745. The summed E-state index contributed by atoms with van der Waals surface area (Å²) in [5.41, 5.74) is 4.43. The highest BCUT2D eigenvalue weighted by Gasteiger charge is 2.21. The van der Waals surface area contributed by atoms with E-state index in [0.717, 1.165) is 39.3 Å². The van der Waals surface area contributed by atoms with Gasteiger partial charge in [-0.1, -0.05) is 35.0 Å². The van der Waals surface area contributed by atoms with Gasteiger partial charge in [-0.25, -0.2) is 9.97 Å². The summed E-state index contributed by atoms with van der Waals surface area (Å²) < 4.78 is 7.31. The second-order valence-electron chi connectivity index (χ2n) is 5.31.